The van der Waals surface area contributed by atoms with E-state index in [1.807, 2.05) is 7.05 Å². The van der Waals surface area contributed by atoms with Crippen LogP contribution in [0.1, 0.15) is 26.2 Å². The van der Waals surface area contributed by atoms with E-state index in [1.165, 1.54) is 0 Å². The second-order valence-electron chi connectivity index (χ2n) is 4.23. The highest BCUT2D eigenvalue weighted by molar-refractivity contribution is 6.40. The minimum atomic E-state index is 0.455. The highest BCUT2D eigenvalue weighted by Crippen LogP contribution is 2.35. The van der Waals surface area contributed by atoms with Crippen molar-refractivity contribution in [3.05, 3.63) is 27.2 Å². The largest absolute Gasteiger partial charge is 0.490 e. The van der Waals surface area contributed by atoms with Gasteiger partial charge in [-0.15, -0.1) is 0 Å². The first-order valence-electron chi connectivity index (χ1n) is 5.99. The predicted octanol–water partition coefficient (Wildman–Crippen LogP) is 4.80. The molecular weight excluding hydrogens is 293 g/mol. The molecule has 18 heavy (non-hydrogen) atoms. The van der Waals surface area contributed by atoms with Gasteiger partial charge in [0.2, 0.25) is 0 Å². The average molecular weight is 311 g/mol. The molecule has 0 saturated heterocycles. The Morgan fingerprint density at radius 1 is 1.17 bits per heavy atom. The molecule has 102 valence electrons. The van der Waals surface area contributed by atoms with Crippen molar-refractivity contribution >= 4 is 34.8 Å². The molecule has 0 aliphatic heterocycles. The first kappa shape index (κ1) is 15.9. The number of halogens is 3. The van der Waals surface area contributed by atoms with Gasteiger partial charge in [0.05, 0.1) is 16.7 Å². The van der Waals surface area contributed by atoms with E-state index in [1.54, 1.807) is 12.1 Å². The van der Waals surface area contributed by atoms with Crippen LogP contribution in [0.5, 0.6) is 5.75 Å². The van der Waals surface area contributed by atoms with Crippen molar-refractivity contribution in [3.8, 4) is 5.75 Å². The third-order valence-corrected chi connectivity index (χ3v) is 3.51. The Hall–Kier alpha value is -0.150. The number of nitrogens with one attached hydrogen (secondary N) is 1. The van der Waals surface area contributed by atoms with Crippen LogP contribution in [-0.4, -0.2) is 19.7 Å². The molecule has 1 aromatic carbocycles. The van der Waals surface area contributed by atoms with Crippen molar-refractivity contribution < 1.29 is 4.74 Å². The smallest absolute Gasteiger partial charge is 0.156 e. The minimum absolute atomic E-state index is 0.455. The number of hydrogen-bond donors (Lipinski definition) is 1. The number of rotatable bonds is 7. The van der Waals surface area contributed by atoms with E-state index in [0.717, 1.165) is 19.3 Å². The van der Waals surface area contributed by atoms with Crippen molar-refractivity contribution in [1.82, 2.24) is 5.32 Å². The molecule has 2 nitrogen and oxygen atoms in total. The quantitative estimate of drug-likeness (QED) is 0.730. The second-order valence-corrected chi connectivity index (χ2v) is 5.48. The fourth-order valence-electron chi connectivity index (χ4n) is 1.54. The van der Waals surface area contributed by atoms with Gasteiger partial charge in [-0.2, -0.15) is 0 Å². The lowest BCUT2D eigenvalue weighted by Gasteiger charge is -2.12. The van der Waals surface area contributed by atoms with E-state index < -0.39 is 0 Å². The fraction of sp³-hybridized carbons (Fsp3) is 0.538. The van der Waals surface area contributed by atoms with E-state index in [2.05, 4.69) is 12.2 Å². The standard InChI is InChI=1S/C13H18Cl3NO/c1-9(17-2)5-3-4-6-18-13-11(15)7-10(14)8-12(13)16/h7-9,17H,3-6H2,1-2H3. The van der Waals surface area contributed by atoms with E-state index in [-0.39, 0.29) is 0 Å². The Bertz CT molecular complexity index is 361. The highest BCUT2D eigenvalue weighted by Gasteiger charge is 2.09. The van der Waals surface area contributed by atoms with Gasteiger partial charge in [-0.25, -0.2) is 0 Å². The average Bonchev–Trinajstić information content (AvgIpc) is 2.31. The van der Waals surface area contributed by atoms with Gasteiger partial charge < -0.3 is 10.1 Å². The zero-order valence-electron chi connectivity index (χ0n) is 10.6. The van der Waals surface area contributed by atoms with Crippen LogP contribution < -0.4 is 10.1 Å². The summed E-state index contributed by atoms with van der Waals surface area (Å²) in [5.74, 6) is 0.518. The number of hydrogen-bond acceptors (Lipinski definition) is 2. The molecule has 1 unspecified atom stereocenters. The molecule has 0 amide bonds. The molecule has 0 fully saturated rings. The number of benzene rings is 1. The van der Waals surface area contributed by atoms with Crippen LogP contribution in [-0.2, 0) is 0 Å². The maximum Gasteiger partial charge on any atom is 0.156 e. The van der Waals surface area contributed by atoms with Gasteiger partial charge in [0, 0.05) is 11.1 Å². The number of unbranched alkanes of at least 4 members (excludes halogenated alkanes) is 1. The van der Waals surface area contributed by atoms with Gasteiger partial charge in [-0.1, -0.05) is 34.8 Å². The van der Waals surface area contributed by atoms with Crippen LogP contribution in [0, 0.1) is 0 Å². The summed E-state index contributed by atoms with van der Waals surface area (Å²) in [6, 6.07) is 3.80. The number of ether oxygens (including phenoxy) is 1. The summed E-state index contributed by atoms with van der Waals surface area (Å²) in [5.41, 5.74) is 0. The summed E-state index contributed by atoms with van der Waals surface area (Å²) in [4.78, 5) is 0. The first-order chi connectivity index (χ1) is 8.54. The Labute approximate surface area is 124 Å². The Kier molecular flexibility index (Phi) is 7.16. The summed E-state index contributed by atoms with van der Waals surface area (Å²) >= 11 is 17.9. The van der Waals surface area contributed by atoms with Crippen molar-refractivity contribution in [3.63, 3.8) is 0 Å². The lowest BCUT2D eigenvalue weighted by Crippen LogP contribution is -2.20. The van der Waals surface area contributed by atoms with Crippen LogP contribution in [0.2, 0.25) is 15.1 Å². The van der Waals surface area contributed by atoms with Crippen LogP contribution in [0.4, 0.5) is 0 Å². The van der Waals surface area contributed by atoms with Crippen LogP contribution in [0.15, 0.2) is 12.1 Å². The van der Waals surface area contributed by atoms with Crippen molar-refractivity contribution in [1.29, 1.82) is 0 Å². The minimum Gasteiger partial charge on any atom is -0.490 e. The predicted molar refractivity (Wildman–Crippen MR) is 79.3 cm³/mol. The zero-order valence-corrected chi connectivity index (χ0v) is 12.9. The Morgan fingerprint density at radius 2 is 1.78 bits per heavy atom. The van der Waals surface area contributed by atoms with Gasteiger partial charge in [-0.05, 0) is 45.4 Å². The molecule has 0 saturated carbocycles. The monoisotopic (exact) mass is 309 g/mol. The molecule has 0 bridgehead atoms. The third-order valence-electron chi connectivity index (χ3n) is 2.73. The topological polar surface area (TPSA) is 21.3 Å². The molecule has 0 heterocycles. The molecule has 1 rings (SSSR count). The van der Waals surface area contributed by atoms with Gasteiger partial charge >= 0.3 is 0 Å². The molecule has 0 aliphatic rings. The molecule has 0 aliphatic carbocycles. The van der Waals surface area contributed by atoms with Crippen LogP contribution in [0.3, 0.4) is 0 Å². The maximum atomic E-state index is 6.02. The van der Waals surface area contributed by atoms with Crippen LogP contribution >= 0.6 is 34.8 Å². The van der Waals surface area contributed by atoms with Gasteiger partial charge in [0.15, 0.2) is 5.75 Å². The first-order valence-corrected chi connectivity index (χ1v) is 7.12. The zero-order chi connectivity index (χ0) is 13.5. The SMILES string of the molecule is CNC(C)CCCCOc1c(Cl)cc(Cl)cc1Cl. The molecule has 0 spiro atoms. The fourth-order valence-corrected chi connectivity index (χ4v) is 2.46. The van der Waals surface area contributed by atoms with Crippen molar-refractivity contribution in [2.75, 3.05) is 13.7 Å². The van der Waals surface area contributed by atoms with E-state index in [9.17, 15) is 0 Å². The Balaban J connectivity index is 2.36. The Morgan fingerprint density at radius 3 is 2.33 bits per heavy atom. The normalized spacial score (nSPS) is 12.5. The van der Waals surface area contributed by atoms with Gasteiger partial charge in [0.1, 0.15) is 0 Å². The van der Waals surface area contributed by atoms with Crippen LogP contribution in [0.25, 0.3) is 0 Å². The molecule has 0 aromatic heterocycles. The molecule has 1 aromatic rings. The van der Waals surface area contributed by atoms with Gasteiger partial charge in [0.25, 0.3) is 0 Å². The summed E-state index contributed by atoms with van der Waals surface area (Å²) < 4.78 is 5.60. The van der Waals surface area contributed by atoms with E-state index in [0.29, 0.717) is 33.5 Å². The molecule has 5 heteroatoms. The molecule has 1 atom stereocenters. The third kappa shape index (κ3) is 5.23. The molecule has 1 N–H and O–H groups in total. The van der Waals surface area contributed by atoms with Crippen molar-refractivity contribution in [2.24, 2.45) is 0 Å². The van der Waals surface area contributed by atoms with Crippen molar-refractivity contribution in [2.45, 2.75) is 32.2 Å². The summed E-state index contributed by atoms with van der Waals surface area (Å²) in [6.07, 6.45) is 3.20. The van der Waals surface area contributed by atoms with E-state index in [4.69, 9.17) is 39.5 Å². The summed E-state index contributed by atoms with van der Waals surface area (Å²) in [5, 5.41) is 4.62. The molecular formula is C13H18Cl3NO. The summed E-state index contributed by atoms with van der Waals surface area (Å²) in [7, 11) is 1.97. The molecule has 0 radical (unpaired) electrons. The summed E-state index contributed by atoms with van der Waals surface area (Å²) in [6.45, 7) is 2.77. The second kappa shape index (κ2) is 8.11. The van der Waals surface area contributed by atoms with E-state index >= 15 is 0 Å². The lowest BCUT2D eigenvalue weighted by atomic mass is 10.1. The lowest BCUT2D eigenvalue weighted by molar-refractivity contribution is 0.302. The van der Waals surface area contributed by atoms with Gasteiger partial charge in [-0.3, -0.25) is 0 Å². The highest BCUT2D eigenvalue weighted by atomic mass is 35.5. The maximum absolute atomic E-state index is 6.02.